The molecule has 1 aromatic heterocycles. The van der Waals surface area contributed by atoms with Crippen LogP contribution in [0.4, 0.5) is 5.13 Å². The number of rotatable bonds is 5. The summed E-state index contributed by atoms with van der Waals surface area (Å²) in [6.07, 6.45) is 1.76. The van der Waals surface area contributed by atoms with Crippen molar-refractivity contribution in [1.82, 2.24) is 4.98 Å². The minimum absolute atomic E-state index is 0.00102. The van der Waals surface area contributed by atoms with Crippen LogP contribution in [-0.2, 0) is 4.74 Å². The van der Waals surface area contributed by atoms with Crippen LogP contribution >= 0.6 is 22.9 Å². The van der Waals surface area contributed by atoms with Gasteiger partial charge in [0.05, 0.1) is 12.0 Å². The van der Waals surface area contributed by atoms with Gasteiger partial charge in [0.2, 0.25) is 0 Å². The first-order valence-corrected chi connectivity index (χ1v) is 4.91. The van der Waals surface area contributed by atoms with Crippen molar-refractivity contribution in [3.8, 4) is 0 Å². The van der Waals surface area contributed by atoms with Crippen LogP contribution in [-0.4, -0.2) is 30.6 Å². The van der Waals surface area contributed by atoms with Gasteiger partial charge >= 0.3 is 0 Å². The van der Waals surface area contributed by atoms with Crippen LogP contribution in [0.25, 0.3) is 0 Å². The Labute approximate surface area is 80.7 Å². The van der Waals surface area contributed by atoms with Gasteiger partial charge in [0.25, 0.3) is 0 Å². The topological polar surface area (TPSA) is 34.1 Å². The fourth-order valence-corrected chi connectivity index (χ4v) is 1.49. The van der Waals surface area contributed by atoms with E-state index >= 15 is 0 Å². The smallest absolute Gasteiger partial charge is 0.182 e. The molecule has 0 saturated heterocycles. The zero-order valence-corrected chi connectivity index (χ0v) is 8.36. The Morgan fingerprint density at radius 3 is 3.25 bits per heavy atom. The van der Waals surface area contributed by atoms with E-state index in [0.29, 0.717) is 13.2 Å². The highest BCUT2D eigenvalue weighted by molar-refractivity contribution is 7.13. The molecule has 12 heavy (non-hydrogen) atoms. The van der Waals surface area contributed by atoms with Crippen LogP contribution in [0.3, 0.4) is 0 Å². The van der Waals surface area contributed by atoms with Gasteiger partial charge in [0.15, 0.2) is 5.13 Å². The molecule has 0 radical (unpaired) electrons. The number of nitrogens with zero attached hydrogens (tertiary/aromatic N) is 1. The molecule has 68 valence electrons. The van der Waals surface area contributed by atoms with Crippen molar-refractivity contribution in [3.63, 3.8) is 0 Å². The van der Waals surface area contributed by atoms with Crippen LogP contribution in [0, 0.1) is 0 Å². The summed E-state index contributed by atoms with van der Waals surface area (Å²) in [6, 6.07) is 0. The van der Waals surface area contributed by atoms with Crippen molar-refractivity contribution in [2.45, 2.75) is 5.38 Å². The van der Waals surface area contributed by atoms with Crippen LogP contribution < -0.4 is 5.32 Å². The average molecular weight is 207 g/mol. The van der Waals surface area contributed by atoms with Crippen molar-refractivity contribution in [2.24, 2.45) is 0 Å². The molecule has 0 bridgehead atoms. The van der Waals surface area contributed by atoms with Crippen LogP contribution in [0.2, 0.25) is 0 Å². The molecule has 1 heterocycles. The Kier molecular flexibility index (Phi) is 4.35. The van der Waals surface area contributed by atoms with Crippen molar-refractivity contribution in [1.29, 1.82) is 0 Å². The van der Waals surface area contributed by atoms with E-state index in [1.165, 1.54) is 0 Å². The lowest BCUT2D eigenvalue weighted by Crippen LogP contribution is -2.18. The minimum Gasteiger partial charge on any atom is -0.383 e. The van der Waals surface area contributed by atoms with Crippen molar-refractivity contribution in [2.75, 3.05) is 25.6 Å². The summed E-state index contributed by atoms with van der Waals surface area (Å²) in [5.74, 6) is 0. The highest BCUT2D eigenvalue weighted by atomic mass is 35.5. The average Bonchev–Trinajstić information content (AvgIpc) is 2.53. The SMILES string of the molecule is COCC(Cl)CNc1nccs1. The van der Waals surface area contributed by atoms with Crippen molar-refractivity contribution < 1.29 is 4.74 Å². The summed E-state index contributed by atoms with van der Waals surface area (Å²) in [6.45, 7) is 1.24. The summed E-state index contributed by atoms with van der Waals surface area (Å²) in [7, 11) is 1.64. The predicted molar refractivity (Wildman–Crippen MR) is 52.1 cm³/mol. The molecule has 0 aliphatic rings. The summed E-state index contributed by atoms with van der Waals surface area (Å²) in [5.41, 5.74) is 0. The highest BCUT2D eigenvalue weighted by Crippen LogP contribution is 2.10. The molecule has 0 fully saturated rings. The number of thiazole rings is 1. The first kappa shape index (κ1) is 9.77. The third-order valence-corrected chi connectivity index (χ3v) is 2.27. The van der Waals surface area contributed by atoms with Crippen molar-refractivity contribution in [3.05, 3.63) is 11.6 Å². The zero-order valence-electron chi connectivity index (χ0n) is 6.79. The number of hydrogen-bond acceptors (Lipinski definition) is 4. The molecule has 1 N–H and O–H groups in total. The fraction of sp³-hybridized carbons (Fsp3) is 0.571. The quantitative estimate of drug-likeness (QED) is 0.747. The van der Waals surface area contributed by atoms with E-state index in [2.05, 4.69) is 10.3 Å². The lowest BCUT2D eigenvalue weighted by atomic mass is 10.4. The molecule has 0 saturated carbocycles. The molecule has 0 amide bonds. The molecular weight excluding hydrogens is 196 g/mol. The Balaban J connectivity index is 2.17. The summed E-state index contributed by atoms with van der Waals surface area (Å²) < 4.78 is 4.88. The Morgan fingerprint density at radius 2 is 2.67 bits per heavy atom. The molecule has 1 aromatic rings. The minimum atomic E-state index is -0.00102. The van der Waals surface area contributed by atoms with Gasteiger partial charge in [-0.05, 0) is 0 Å². The maximum absolute atomic E-state index is 5.89. The first-order chi connectivity index (χ1) is 5.83. The maximum Gasteiger partial charge on any atom is 0.182 e. The number of alkyl halides is 1. The van der Waals surface area contributed by atoms with Crippen LogP contribution in [0.1, 0.15) is 0 Å². The zero-order chi connectivity index (χ0) is 8.81. The van der Waals surface area contributed by atoms with Gasteiger partial charge in [0.1, 0.15) is 0 Å². The largest absolute Gasteiger partial charge is 0.383 e. The summed E-state index contributed by atoms with van der Waals surface area (Å²) >= 11 is 7.45. The van der Waals surface area contributed by atoms with Gasteiger partial charge < -0.3 is 10.1 Å². The predicted octanol–water partition coefficient (Wildman–Crippen LogP) is 1.81. The molecule has 1 unspecified atom stereocenters. The second-order valence-electron chi connectivity index (χ2n) is 2.27. The number of hydrogen-bond donors (Lipinski definition) is 1. The second-order valence-corrected chi connectivity index (χ2v) is 3.78. The van der Waals surface area contributed by atoms with Gasteiger partial charge in [-0.2, -0.15) is 0 Å². The standard InChI is InChI=1S/C7H11ClN2OS/c1-11-5-6(8)4-10-7-9-2-3-12-7/h2-3,6H,4-5H2,1H3,(H,9,10). The van der Waals surface area contributed by atoms with Gasteiger partial charge in [-0.3, -0.25) is 0 Å². The van der Waals surface area contributed by atoms with E-state index in [1.807, 2.05) is 5.38 Å². The Hall–Kier alpha value is -0.320. The monoisotopic (exact) mass is 206 g/mol. The third kappa shape index (κ3) is 3.38. The first-order valence-electron chi connectivity index (χ1n) is 3.59. The molecule has 3 nitrogen and oxygen atoms in total. The van der Waals surface area contributed by atoms with E-state index in [1.54, 1.807) is 24.6 Å². The molecule has 0 aliphatic heterocycles. The van der Waals surface area contributed by atoms with E-state index in [9.17, 15) is 0 Å². The van der Waals surface area contributed by atoms with Gasteiger partial charge in [-0.25, -0.2) is 4.98 Å². The van der Waals surface area contributed by atoms with E-state index in [4.69, 9.17) is 16.3 Å². The van der Waals surface area contributed by atoms with Gasteiger partial charge in [-0.15, -0.1) is 22.9 Å². The number of anilines is 1. The fourth-order valence-electron chi connectivity index (χ4n) is 0.749. The lowest BCUT2D eigenvalue weighted by molar-refractivity contribution is 0.200. The normalized spacial score (nSPS) is 12.8. The number of ether oxygens (including phenoxy) is 1. The van der Waals surface area contributed by atoms with E-state index in [-0.39, 0.29) is 5.38 Å². The van der Waals surface area contributed by atoms with E-state index in [0.717, 1.165) is 5.13 Å². The molecular formula is C7H11ClN2OS. The van der Waals surface area contributed by atoms with Crippen LogP contribution in [0.15, 0.2) is 11.6 Å². The second kappa shape index (κ2) is 5.35. The summed E-state index contributed by atoms with van der Waals surface area (Å²) in [4.78, 5) is 4.06. The van der Waals surface area contributed by atoms with Gasteiger partial charge in [-0.1, -0.05) is 0 Å². The third-order valence-electron chi connectivity index (χ3n) is 1.25. The molecule has 1 atom stereocenters. The lowest BCUT2D eigenvalue weighted by Gasteiger charge is -2.07. The number of methoxy groups -OCH3 is 1. The Bertz CT molecular complexity index is 205. The highest BCUT2D eigenvalue weighted by Gasteiger charge is 2.03. The Morgan fingerprint density at radius 1 is 1.83 bits per heavy atom. The molecule has 5 heteroatoms. The van der Waals surface area contributed by atoms with Gasteiger partial charge in [0, 0.05) is 25.2 Å². The molecule has 0 aliphatic carbocycles. The molecule has 0 spiro atoms. The number of aromatic nitrogens is 1. The van der Waals surface area contributed by atoms with Crippen LogP contribution in [0.5, 0.6) is 0 Å². The number of halogens is 1. The summed E-state index contributed by atoms with van der Waals surface area (Å²) in [5, 5.41) is 5.92. The number of nitrogens with one attached hydrogen (secondary N) is 1. The molecule has 1 rings (SSSR count). The van der Waals surface area contributed by atoms with E-state index < -0.39 is 0 Å². The van der Waals surface area contributed by atoms with Crippen molar-refractivity contribution >= 4 is 28.1 Å². The molecule has 0 aromatic carbocycles. The maximum atomic E-state index is 5.89.